The van der Waals surface area contributed by atoms with Crippen LogP contribution in [0.15, 0.2) is 48.6 Å². The molecular weight excluding hydrogens is 630 g/mol. The zero-order chi connectivity index (χ0) is 37.1. The van der Waals surface area contributed by atoms with Gasteiger partial charge in [0.05, 0.1) is 34.4 Å². The number of rotatable bonds is 34. The second-order valence-corrected chi connectivity index (χ2v) is 14.2. The number of aliphatic carboxylic acids is 1. The molecule has 2 atom stereocenters. The van der Waals surface area contributed by atoms with E-state index < -0.39 is 18.1 Å². The van der Waals surface area contributed by atoms with E-state index in [4.69, 9.17) is 14.2 Å². The standard InChI is InChI=1S/C42H73NO7/c1-6-8-10-12-14-16-17-18-19-20-21-22-23-25-27-29-31-33-41(45)50-38(36-48-35-34-39(42(46)47)43(3,4)5)37-49-40(44)32-30-28-26-24-15-13-11-9-7-2/h18-19,21-22,24-27,38-39H,6-17,20,23,28-37H2,1-5H3/p+1/b19-18+,22-21+,26-24+,27-25+. The van der Waals surface area contributed by atoms with Crippen LogP contribution in [0.2, 0.25) is 0 Å². The van der Waals surface area contributed by atoms with Crippen LogP contribution >= 0.6 is 0 Å². The van der Waals surface area contributed by atoms with Crippen LogP contribution in [0, 0.1) is 0 Å². The van der Waals surface area contributed by atoms with E-state index in [1.165, 1.54) is 70.6 Å². The highest BCUT2D eigenvalue weighted by atomic mass is 16.6. The summed E-state index contributed by atoms with van der Waals surface area (Å²) < 4.78 is 17.1. The van der Waals surface area contributed by atoms with Crippen molar-refractivity contribution in [3.05, 3.63) is 48.6 Å². The maximum absolute atomic E-state index is 12.6. The number of allylic oxidation sites excluding steroid dienone is 8. The first-order chi connectivity index (χ1) is 24.1. The van der Waals surface area contributed by atoms with Gasteiger partial charge in [0, 0.05) is 19.3 Å². The monoisotopic (exact) mass is 705 g/mol. The molecule has 0 saturated heterocycles. The van der Waals surface area contributed by atoms with E-state index in [1.807, 2.05) is 21.1 Å². The Morgan fingerprint density at radius 2 is 1.06 bits per heavy atom. The molecule has 288 valence electrons. The number of esters is 2. The van der Waals surface area contributed by atoms with E-state index in [0.29, 0.717) is 25.7 Å². The summed E-state index contributed by atoms with van der Waals surface area (Å²) in [7, 11) is 5.49. The van der Waals surface area contributed by atoms with Gasteiger partial charge in [0.2, 0.25) is 0 Å². The molecule has 8 nitrogen and oxygen atoms in total. The molecular formula is C42H74NO7+. The largest absolute Gasteiger partial charge is 0.477 e. The summed E-state index contributed by atoms with van der Waals surface area (Å²) in [5.41, 5.74) is 0. The topological polar surface area (TPSA) is 99.1 Å². The van der Waals surface area contributed by atoms with Crippen molar-refractivity contribution in [2.45, 2.75) is 161 Å². The minimum atomic E-state index is -0.888. The van der Waals surface area contributed by atoms with E-state index >= 15 is 0 Å². The van der Waals surface area contributed by atoms with Gasteiger partial charge in [-0.25, -0.2) is 4.79 Å². The van der Waals surface area contributed by atoms with Crippen LogP contribution < -0.4 is 0 Å². The maximum Gasteiger partial charge on any atom is 0.362 e. The molecule has 0 aromatic rings. The highest BCUT2D eigenvalue weighted by Gasteiger charge is 2.31. The van der Waals surface area contributed by atoms with Gasteiger partial charge in [0.25, 0.3) is 0 Å². The van der Waals surface area contributed by atoms with Gasteiger partial charge in [-0.1, -0.05) is 114 Å². The minimum absolute atomic E-state index is 0.0315. The average Bonchev–Trinajstić information content (AvgIpc) is 3.06. The number of quaternary nitrogens is 1. The summed E-state index contributed by atoms with van der Waals surface area (Å²) in [6, 6.07) is -0.626. The molecule has 0 heterocycles. The summed E-state index contributed by atoms with van der Waals surface area (Å²) >= 11 is 0. The number of ether oxygens (including phenoxy) is 3. The number of carbonyl (C=O) groups is 3. The molecule has 0 radical (unpaired) electrons. The Kier molecular flexibility index (Phi) is 31.6. The van der Waals surface area contributed by atoms with Crippen molar-refractivity contribution in [2.75, 3.05) is 41.0 Å². The summed E-state index contributed by atoms with van der Waals surface area (Å²) in [5.74, 6) is -1.59. The lowest BCUT2D eigenvalue weighted by Crippen LogP contribution is -2.50. The Hall–Kier alpha value is -2.71. The second-order valence-electron chi connectivity index (χ2n) is 14.2. The molecule has 0 fully saturated rings. The fraction of sp³-hybridized carbons (Fsp3) is 0.738. The Balaban J connectivity index is 4.51. The third kappa shape index (κ3) is 31.3. The molecule has 0 aromatic heterocycles. The number of likely N-dealkylation sites (N-methyl/N-ethyl adjacent to an activating group) is 1. The van der Waals surface area contributed by atoms with Crippen LogP contribution in [-0.4, -0.2) is 80.6 Å². The number of nitrogens with zero attached hydrogens (tertiary/aromatic N) is 1. The molecule has 50 heavy (non-hydrogen) atoms. The SMILES string of the molecule is CCCCCC/C=C/CCCC(=O)OCC(COCCC(C(=O)O)[N+](C)(C)C)OC(=O)CCC/C=C/C/C=C/C/C=C/CCCCCCCC. The van der Waals surface area contributed by atoms with Crippen molar-refractivity contribution in [1.29, 1.82) is 0 Å². The fourth-order valence-electron chi connectivity index (χ4n) is 5.34. The molecule has 0 aliphatic rings. The van der Waals surface area contributed by atoms with Crippen molar-refractivity contribution < 1.29 is 38.2 Å². The minimum Gasteiger partial charge on any atom is -0.477 e. The van der Waals surface area contributed by atoms with Crippen molar-refractivity contribution in [3.63, 3.8) is 0 Å². The third-order valence-corrected chi connectivity index (χ3v) is 8.45. The van der Waals surface area contributed by atoms with Gasteiger partial charge in [-0.05, 0) is 64.2 Å². The number of carboxylic acid groups (broad SMARTS) is 1. The molecule has 1 N–H and O–H groups in total. The van der Waals surface area contributed by atoms with E-state index in [9.17, 15) is 19.5 Å². The molecule has 0 saturated carbocycles. The highest BCUT2D eigenvalue weighted by Crippen LogP contribution is 2.11. The molecule has 2 unspecified atom stereocenters. The number of hydrogen-bond acceptors (Lipinski definition) is 6. The van der Waals surface area contributed by atoms with Crippen molar-refractivity contribution in [3.8, 4) is 0 Å². The fourth-order valence-corrected chi connectivity index (χ4v) is 5.34. The Morgan fingerprint density at radius 3 is 1.60 bits per heavy atom. The molecule has 0 bridgehead atoms. The zero-order valence-corrected chi connectivity index (χ0v) is 32.6. The van der Waals surface area contributed by atoms with Gasteiger partial charge in [0.1, 0.15) is 6.61 Å². The molecule has 8 heteroatoms. The normalized spacial score (nSPS) is 13.5. The summed E-state index contributed by atoms with van der Waals surface area (Å²) in [5, 5.41) is 9.57. The Bertz CT molecular complexity index is 964. The van der Waals surface area contributed by atoms with Crippen molar-refractivity contribution in [2.24, 2.45) is 0 Å². The maximum atomic E-state index is 12.6. The predicted octanol–water partition coefficient (Wildman–Crippen LogP) is 10.1. The van der Waals surface area contributed by atoms with Crippen molar-refractivity contribution in [1.82, 2.24) is 0 Å². The first kappa shape index (κ1) is 47.3. The van der Waals surface area contributed by atoms with Crippen LogP contribution in [-0.2, 0) is 28.6 Å². The van der Waals surface area contributed by atoms with Crippen LogP contribution in [0.1, 0.15) is 149 Å². The van der Waals surface area contributed by atoms with E-state index in [1.54, 1.807) is 0 Å². The molecule has 0 rings (SSSR count). The number of carboxylic acids is 1. The summed E-state index contributed by atoms with van der Waals surface area (Å²) in [6.45, 7) is 4.59. The number of carbonyl (C=O) groups excluding carboxylic acids is 2. The third-order valence-electron chi connectivity index (χ3n) is 8.45. The van der Waals surface area contributed by atoms with Gasteiger partial charge in [-0.15, -0.1) is 0 Å². The Labute approximate surface area is 306 Å². The molecule has 0 aliphatic carbocycles. The average molecular weight is 705 g/mol. The van der Waals surface area contributed by atoms with Gasteiger partial charge in [0.15, 0.2) is 12.1 Å². The Morgan fingerprint density at radius 1 is 0.600 bits per heavy atom. The molecule has 0 aromatic carbocycles. The number of unbranched alkanes of at least 4 members (excludes halogenated alkanes) is 12. The van der Waals surface area contributed by atoms with Crippen LogP contribution in [0.3, 0.4) is 0 Å². The lowest BCUT2D eigenvalue weighted by Gasteiger charge is -2.31. The smallest absolute Gasteiger partial charge is 0.362 e. The molecule has 0 amide bonds. The molecule has 0 spiro atoms. The lowest BCUT2D eigenvalue weighted by atomic mass is 10.1. The summed E-state index contributed by atoms with van der Waals surface area (Å²) in [6.07, 6.45) is 37.5. The van der Waals surface area contributed by atoms with E-state index in [2.05, 4.69) is 62.5 Å². The van der Waals surface area contributed by atoms with E-state index in [-0.39, 0.29) is 42.7 Å². The molecule has 0 aliphatic heterocycles. The van der Waals surface area contributed by atoms with Crippen LogP contribution in [0.25, 0.3) is 0 Å². The van der Waals surface area contributed by atoms with Crippen molar-refractivity contribution >= 4 is 17.9 Å². The predicted molar refractivity (Wildman–Crippen MR) is 206 cm³/mol. The van der Waals surface area contributed by atoms with Gasteiger partial charge >= 0.3 is 17.9 Å². The summed E-state index contributed by atoms with van der Waals surface area (Å²) in [4.78, 5) is 36.7. The van der Waals surface area contributed by atoms with Gasteiger partial charge < -0.3 is 23.8 Å². The second kappa shape index (κ2) is 33.4. The van der Waals surface area contributed by atoms with Crippen LogP contribution in [0.4, 0.5) is 0 Å². The van der Waals surface area contributed by atoms with E-state index in [0.717, 1.165) is 32.1 Å². The van der Waals surface area contributed by atoms with Crippen LogP contribution in [0.5, 0.6) is 0 Å². The quantitative estimate of drug-likeness (QED) is 0.0308. The number of hydrogen-bond donors (Lipinski definition) is 1. The highest BCUT2D eigenvalue weighted by molar-refractivity contribution is 5.72. The zero-order valence-electron chi connectivity index (χ0n) is 32.6. The lowest BCUT2D eigenvalue weighted by molar-refractivity contribution is -0.887. The first-order valence-electron chi connectivity index (χ1n) is 19.7. The van der Waals surface area contributed by atoms with Gasteiger partial charge in [-0.3, -0.25) is 9.59 Å². The first-order valence-corrected chi connectivity index (χ1v) is 19.7. The van der Waals surface area contributed by atoms with Gasteiger partial charge in [-0.2, -0.15) is 0 Å².